The standard InChI is InChI=1S/C14H14BrN3O/c1-18(2)13-12(8-5-9-16-13)17-14(19)10-6-3-4-7-11(10)15/h3-9H,1-2H3,(H,17,19). The molecule has 0 fully saturated rings. The van der Waals surface area contributed by atoms with Crippen LogP contribution in [0.25, 0.3) is 0 Å². The molecule has 0 aliphatic rings. The van der Waals surface area contributed by atoms with Gasteiger partial charge in [0.15, 0.2) is 5.82 Å². The van der Waals surface area contributed by atoms with Crippen molar-refractivity contribution in [2.45, 2.75) is 0 Å². The molecular formula is C14H14BrN3O. The Morgan fingerprint density at radius 2 is 1.95 bits per heavy atom. The summed E-state index contributed by atoms with van der Waals surface area (Å²) in [5.41, 5.74) is 1.28. The number of benzene rings is 1. The molecule has 0 aliphatic heterocycles. The minimum atomic E-state index is -0.163. The van der Waals surface area contributed by atoms with E-state index in [2.05, 4.69) is 26.2 Å². The van der Waals surface area contributed by atoms with Crippen LogP contribution >= 0.6 is 15.9 Å². The lowest BCUT2D eigenvalue weighted by atomic mass is 10.2. The Kier molecular flexibility index (Phi) is 4.16. The highest BCUT2D eigenvalue weighted by Crippen LogP contribution is 2.23. The third-order valence-electron chi connectivity index (χ3n) is 2.58. The van der Waals surface area contributed by atoms with Crippen LogP contribution in [-0.2, 0) is 0 Å². The summed E-state index contributed by atoms with van der Waals surface area (Å²) in [5.74, 6) is 0.562. The first-order valence-electron chi connectivity index (χ1n) is 5.78. The van der Waals surface area contributed by atoms with Gasteiger partial charge in [-0.05, 0) is 40.2 Å². The number of amides is 1. The first-order valence-corrected chi connectivity index (χ1v) is 6.57. The fourth-order valence-electron chi connectivity index (χ4n) is 1.69. The number of hydrogen-bond acceptors (Lipinski definition) is 3. The normalized spacial score (nSPS) is 10.1. The van der Waals surface area contributed by atoms with Crippen LogP contribution < -0.4 is 10.2 Å². The molecule has 2 rings (SSSR count). The van der Waals surface area contributed by atoms with Gasteiger partial charge in [0.1, 0.15) is 0 Å². The zero-order valence-corrected chi connectivity index (χ0v) is 12.3. The van der Waals surface area contributed by atoms with Crippen molar-refractivity contribution in [3.8, 4) is 0 Å². The van der Waals surface area contributed by atoms with Gasteiger partial charge in [0, 0.05) is 24.8 Å². The average molecular weight is 320 g/mol. The average Bonchev–Trinajstić information content (AvgIpc) is 2.39. The summed E-state index contributed by atoms with van der Waals surface area (Å²) in [7, 11) is 3.77. The van der Waals surface area contributed by atoms with Gasteiger partial charge in [0.2, 0.25) is 0 Å². The van der Waals surface area contributed by atoms with Crippen LogP contribution in [0.5, 0.6) is 0 Å². The van der Waals surface area contributed by atoms with E-state index in [1.807, 2.05) is 43.3 Å². The summed E-state index contributed by atoms with van der Waals surface area (Å²) in [6.45, 7) is 0. The Morgan fingerprint density at radius 3 is 2.63 bits per heavy atom. The number of nitrogens with zero attached hydrogens (tertiary/aromatic N) is 2. The number of anilines is 2. The number of aromatic nitrogens is 1. The highest BCUT2D eigenvalue weighted by molar-refractivity contribution is 9.10. The van der Waals surface area contributed by atoms with Crippen LogP contribution in [0.4, 0.5) is 11.5 Å². The zero-order chi connectivity index (χ0) is 13.8. The quantitative estimate of drug-likeness (QED) is 0.945. The van der Waals surface area contributed by atoms with E-state index in [0.717, 1.165) is 10.3 Å². The molecule has 0 atom stereocenters. The number of halogens is 1. The van der Waals surface area contributed by atoms with Crippen LogP contribution in [0, 0.1) is 0 Å². The van der Waals surface area contributed by atoms with Gasteiger partial charge in [-0.3, -0.25) is 4.79 Å². The van der Waals surface area contributed by atoms with E-state index in [1.54, 1.807) is 18.3 Å². The molecule has 1 aromatic heterocycles. The molecule has 1 N–H and O–H groups in total. The molecule has 1 heterocycles. The van der Waals surface area contributed by atoms with E-state index in [1.165, 1.54) is 0 Å². The second kappa shape index (κ2) is 5.84. The Bertz CT molecular complexity index is 599. The van der Waals surface area contributed by atoms with Crippen molar-refractivity contribution in [1.82, 2.24) is 4.98 Å². The third kappa shape index (κ3) is 3.12. The van der Waals surface area contributed by atoms with E-state index < -0.39 is 0 Å². The Balaban J connectivity index is 2.27. The number of rotatable bonds is 3. The van der Waals surface area contributed by atoms with Crippen LogP contribution in [0.2, 0.25) is 0 Å². The van der Waals surface area contributed by atoms with Gasteiger partial charge >= 0.3 is 0 Å². The van der Waals surface area contributed by atoms with Crippen molar-refractivity contribution in [1.29, 1.82) is 0 Å². The number of carbonyl (C=O) groups is 1. The van der Waals surface area contributed by atoms with Gasteiger partial charge < -0.3 is 10.2 Å². The van der Waals surface area contributed by atoms with Crippen molar-refractivity contribution in [2.24, 2.45) is 0 Å². The molecule has 0 unspecified atom stereocenters. The molecule has 98 valence electrons. The maximum Gasteiger partial charge on any atom is 0.256 e. The Labute approximate surface area is 120 Å². The molecule has 1 amide bonds. The van der Waals surface area contributed by atoms with Gasteiger partial charge in [0.25, 0.3) is 5.91 Å². The molecule has 1 aromatic carbocycles. The van der Waals surface area contributed by atoms with Gasteiger partial charge in [-0.25, -0.2) is 4.98 Å². The largest absolute Gasteiger partial charge is 0.361 e. The number of carbonyl (C=O) groups excluding carboxylic acids is 1. The number of nitrogens with one attached hydrogen (secondary N) is 1. The van der Waals surface area contributed by atoms with Gasteiger partial charge in [-0.1, -0.05) is 12.1 Å². The van der Waals surface area contributed by atoms with E-state index in [0.29, 0.717) is 11.3 Å². The number of pyridine rings is 1. The molecule has 0 bridgehead atoms. The summed E-state index contributed by atoms with van der Waals surface area (Å²) < 4.78 is 0.766. The second-order valence-electron chi connectivity index (χ2n) is 4.20. The minimum absolute atomic E-state index is 0.163. The topological polar surface area (TPSA) is 45.2 Å². The van der Waals surface area contributed by atoms with E-state index >= 15 is 0 Å². The Hall–Kier alpha value is -1.88. The van der Waals surface area contributed by atoms with Gasteiger partial charge in [0.05, 0.1) is 11.3 Å². The first kappa shape index (κ1) is 13.5. The maximum atomic E-state index is 12.2. The lowest BCUT2D eigenvalue weighted by Gasteiger charge is -2.16. The molecule has 5 heteroatoms. The summed E-state index contributed by atoms with van der Waals surface area (Å²) in [6.07, 6.45) is 1.70. The van der Waals surface area contributed by atoms with E-state index in [9.17, 15) is 4.79 Å². The molecule has 19 heavy (non-hydrogen) atoms. The van der Waals surface area contributed by atoms with Crippen LogP contribution in [0.15, 0.2) is 47.1 Å². The SMILES string of the molecule is CN(C)c1ncccc1NC(=O)c1ccccc1Br. The fraction of sp³-hybridized carbons (Fsp3) is 0.143. The van der Waals surface area contributed by atoms with Crippen LogP contribution in [0.3, 0.4) is 0 Å². The molecule has 0 saturated carbocycles. The Morgan fingerprint density at radius 1 is 1.21 bits per heavy atom. The molecule has 0 radical (unpaired) electrons. The highest BCUT2D eigenvalue weighted by Gasteiger charge is 2.12. The summed E-state index contributed by atoms with van der Waals surface area (Å²) >= 11 is 3.37. The lowest BCUT2D eigenvalue weighted by Crippen LogP contribution is -2.18. The monoisotopic (exact) mass is 319 g/mol. The third-order valence-corrected chi connectivity index (χ3v) is 3.27. The number of hydrogen-bond donors (Lipinski definition) is 1. The van der Waals surface area contributed by atoms with Crippen molar-refractivity contribution in [3.63, 3.8) is 0 Å². The summed E-state index contributed by atoms with van der Waals surface area (Å²) in [6, 6.07) is 10.9. The van der Waals surface area contributed by atoms with Crippen LogP contribution in [-0.4, -0.2) is 25.0 Å². The summed E-state index contributed by atoms with van der Waals surface area (Å²) in [5, 5.41) is 2.88. The lowest BCUT2D eigenvalue weighted by molar-refractivity contribution is 0.102. The molecule has 0 saturated heterocycles. The fourth-order valence-corrected chi connectivity index (χ4v) is 2.15. The highest BCUT2D eigenvalue weighted by atomic mass is 79.9. The minimum Gasteiger partial charge on any atom is -0.361 e. The molecular weight excluding hydrogens is 306 g/mol. The van der Waals surface area contributed by atoms with Gasteiger partial charge in [-0.15, -0.1) is 0 Å². The summed E-state index contributed by atoms with van der Waals surface area (Å²) in [4.78, 5) is 18.3. The second-order valence-corrected chi connectivity index (χ2v) is 5.06. The van der Waals surface area contributed by atoms with Gasteiger partial charge in [-0.2, -0.15) is 0 Å². The van der Waals surface area contributed by atoms with Crippen molar-refractivity contribution < 1.29 is 4.79 Å². The smallest absolute Gasteiger partial charge is 0.256 e. The first-order chi connectivity index (χ1) is 9.09. The molecule has 4 nitrogen and oxygen atoms in total. The van der Waals surface area contributed by atoms with E-state index in [-0.39, 0.29) is 5.91 Å². The van der Waals surface area contributed by atoms with Crippen molar-refractivity contribution >= 4 is 33.3 Å². The maximum absolute atomic E-state index is 12.2. The predicted molar refractivity (Wildman–Crippen MR) is 80.7 cm³/mol. The van der Waals surface area contributed by atoms with Crippen LogP contribution in [0.1, 0.15) is 10.4 Å². The van der Waals surface area contributed by atoms with Crippen molar-refractivity contribution in [2.75, 3.05) is 24.3 Å². The molecule has 0 spiro atoms. The van der Waals surface area contributed by atoms with E-state index in [4.69, 9.17) is 0 Å². The van der Waals surface area contributed by atoms with Crippen molar-refractivity contribution in [3.05, 3.63) is 52.6 Å². The molecule has 0 aliphatic carbocycles. The predicted octanol–water partition coefficient (Wildman–Crippen LogP) is 3.16. The molecule has 2 aromatic rings. The zero-order valence-electron chi connectivity index (χ0n) is 10.7.